The number of hydrogen-bond donors (Lipinski definition) is 0. The van der Waals surface area contributed by atoms with Crippen LogP contribution in [-0.4, -0.2) is 12.2 Å². The summed E-state index contributed by atoms with van der Waals surface area (Å²) in [7, 11) is 0. The third-order valence-electron chi connectivity index (χ3n) is 4.37. The second-order valence-electron chi connectivity index (χ2n) is 6.33. The van der Waals surface area contributed by atoms with Gasteiger partial charge in [0.2, 0.25) is 0 Å². The van der Waals surface area contributed by atoms with E-state index in [1.807, 2.05) is 0 Å². The minimum atomic E-state index is 0.640. The van der Waals surface area contributed by atoms with E-state index in [-0.39, 0.29) is 0 Å². The minimum Gasteiger partial charge on any atom is -0.370 e. The quantitative estimate of drug-likeness (QED) is 0.268. The van der Waals surface area contributed by atoms with Crippen LogP contribution < -0.4 is 0 Å². The lowest BCUT2D eigenvalue weighted by Gasteiger charge is -2.00. The van der Waals surface area contributed by atoms with Gasteiger partial charge in [-0.15, -0.1) is 0 Å². The first-order valence-corrected chi connectivity index (χ1v) is 9.04. The van der Waals surface area contributed by atoms with Gasteiger partial charge in [-0.1, -0.05) is 90.9 Å². The molecule has 1 aliphatic rings. The molecule has 1 aliphatic heterocycles. The fourth-order valence-electron chi connectivity index (χ4n) is 2.94. The number of ether oxygens (including phenoxy) is 1. The first kappa shape index (κ1) is 17.0. The van der Waals surface area contributed by atoms with Crippen molar-refractivity contribution in [1.82, 2.24) is 0 Å². The van der Waals surface area contributed by atoms with Crippen molar-refractivity contribution >= 4 is 0 Å². The van der Waals surface area contributed by atoms with Gasteiger partial charge in [-0.25, -0.2) is 0 Å². The van der Waals surface area contributed by atoms with Gasteiger partial charge < -0.3 is 4.74 Å². The number of hydrogen-bond acceptors (Lipinski definition) is 1. The number of unbranched alkanes of at least 4 members (excludes halogenated alkanes) is 10. The Morgan fingerprint density at radius 2 is 0.895 bits per heavy atom. The van der Waals surface area contributed by atoms with Gasteiger partial charge in [0.1, 0.15) is 0 Å². The molecule has 1 fully saturated rings. The molecule has 1 saturated heterocycles. The molecule has 0 amide bonds. The van der Waals surface area contributed by atoms with Gasteiger partial charge in [0.15, 0.2) is 0 Å². The fraction of sp³-hybridized carbons (Fsp3) is 1.00. The SMILES string of the molecule is CCCCCCCCCC[C@@H]1O[C@@H]1CCCCCC. The van der Waals surface area contributed by atoms with Crippen LogP contribution in [0.5, 0.6) is 0 Å². The molecule has 0 saturated carbocycles. The number of rotatable bonds is 14. The highest BCUT2D eigenvalue weighted by atomic mass is 16.6. The van der Waals surface area contributed by atoms with Crippen molar-refractivity contribution in [3.63, 3.8) is 0 Å². The van der Waals surface area contributed by atoms with Gasteiger partial charge in [-0.05, 0) is 12.8 Å². The monoisotopic (exact) mass is 268 g/mol. The fourth-order valence-corrected chi connectivity index (χ4v) is 2.94. The van der Waals surface area contributed by atoms with Crippen molar-refractivity contribution in [1.29, 1.82) is 0 Å². The highest BCUT2D eigenvalue weighted by Crippen LogP contribution is 2.31. The standard InChI is InChI=1S/C18H36O/c1-3-5-7-9-10-11-12-14-16-18-17(19-18)15-13-8-6-4-2/h17-18H,3-16H2,1-2H3/t17-,18+/m1/s1. The smallest absolute Gasteiger partial charge is 0.0841 e. The molecule has 1 heteroatoms. The van der Waals surface area contributed by atoms with Gasteiger partial charge in [-0.2, -0.15) is 0 Å². The van der Waals surface area contributed by atoms with E-state index in [2.05, 4.69) is 13.8 Å². The molecule has 19 heavy (non-hydrogen) atoms. The molecule has 0 unspecified atom stereocenters. The molecule has 1 nitrogen and oxygen atoms in total. The van der Waals surface area contributed by atoms with E-state index < -0.39 is 0 Å². The molecule has 0 aliphatic carbocycles. The van der Waals surface area contributed by atoms with Crippen LogP contribution in [0.15, 0.2) is 0 Å². The van der Waals surface area contributed by atoms with Crippen LogP contribution >= 0.6 is 0 Å². The van der Waals surface area contributed by atoms with E-state index >= 15 is 0 Å². The topological polar surface area (TPSA) is 12.5 Å². The van der Waals surface area contributed by atoms with E-state index in [9.17, 15) is 0 Å². The zero-order chi connectivity index (χ0) is 13.8. The Morgan fingerprint density at radius 3 is 1.37 bits per heavy atom. The molecule has 0 bridgehead atoms. The maximum Gasteiger partial charge on any atom is 0.0841 e. The van der Waals surface area contributed by atoms with Gasteiger partial charge in [0.25, 0.3) is 0 Å². The summed E-state index contributed by atoms with van der Waals surface area (Å²) in [5.41, 5.74) is 0. The molecule has 0 N–H and O–H groups in total. The average molecular weight is 268 g/mol. The Kier molecular flexibility index (Phi) is 10.5. The van der Waals surface area contributed by atoms with Crippen molar-refractivity contribution in [2.24, 2.45) is 0 Å². The summed E-state index contributed by atoms with van der Waals surface area (Å²) < 4.78 is 5.76. The molecule has 0 aromatic carbocycles. The first-order valence-electron chi connectivity index (χ1n) is 9.04. The van der Waals surface area contributed by atoms with Crippen LogP contribution in [0, 0.1) is 0 Å². The molecule has 0 aromatic heterocycles. The normalized spacial score (nSPS) is 21.8. The van der Waals surface area contributed by atoms with Crippen LogP contribution in [-0.2, 0) is 4.74 Å². The molecule has 0 spiro atoms. The Labute approximate surface area is 121 Å². The highest BCUT2D eigenvalue weighted by molar-refractivity contribution is 4.84. The van der Waals surface area contributed by atoms with Crippen molar-refractivity contribution in [3.8, 4) is 0 Å². The van der Waals surface area contributed by atoms with Crippen LogP contribution in [0.4, 0.5) is 0 Å². The lowest BCUT2D eigenvalue weighted by Crippen LogP contribution is -1.94. The minimum absolute atomic E-state index is 0.640. The predicted octanol–water partition coefficient (Wildman–Crippen LogP) is 6.26. The molecule has 114 valence electrons. The van der Waals surface area contributed by atoms with E-state index in [4.69, 9.17) is 4.74 Å². The summed E-state index contributed by atoms with van der Waals surface area (Å²) in [5, 5.41) is 0. The van der Waals surface area contributed by atoms with Crippen molar-refractivity contribution < 1.29 is 4.74 Å². The van der Waals surface area contributed by atoms with E-state index in [0.717, 1.165) is 0 Å². The summed E-state index contributed by atoms with van der Waals surface area (Å²) in [6, 6.07) is 0. The Balaban J connectivity index is 1.74. The zero-order valence-electron chi connectivity index (χ0n) is 13.5. The van der Waals surface area contributed by atoms with Gasteiger partial charge in [-0.3, -0.25) is 0 Å². The predicted molar refractivity (Wildman–Crippen MR) is 84.6 cm³/mol. The molecule has 0 radical (unpaired) electrons. The zero-order valence-corrected chi connectivity index (χ0v) is 13.5. The second kappa shape index (κ2) is 11.8. The largest absolute Gasteiger partial charge is 0.370 e. The van der Waals surface area contributed by atoms with Crippen molar-refractivity contribution in [3.05, 3.63) is 0 Å². The molecule has 2 atom stereocenters. The van der Waals surface area contributed by atoms with E-state index in [1.54, 1.807) is 0 Å². The van der Waals surface area contributed by atoms with Crippen LogP contribution in [0.25, 0.3) is 0 Å². The van der Waals surface area contributed by atoms with Crippen LogP contribution in [0.1, 0.15) is 104 Å². The van der Waals surface area contributed by atoms with Crippen LogP contribution in [0.2, 0.25) is 0 Å². The summed E-state index contributed by atoms with van der Waals surface area (Å²) in [6.45, 7) is 4.56. The maximum absolute atomic E-state index is 5.76. The Morgan fingerprint density at radius 1 is 0.526 bits per heavy atom. The molecule has 1 heterocycles. The highest BCUT2D eigenvalue weighted by Gasteiger charge is 2.36. The lowest BCUT2D eigenvalue weighted by atomic mass is 10.0. The molecular weight excluding hydrogens is 232 g/mol. The van der Waals surface area contributed by atoms with E-state index in [0.29, 0.717) is 12.2 Å². The molecule has 1 rings (SSSR count). The third-order valence-corrected chi connectivity index (χ3v) is 4.37. The summed E-state index contributed by atoms with van der Waals surface area (Å²) in [4.78, 5) is 0. The third kappa shape index (κ3) is 9.49. The van der Waals surface area contributed by atoms with Crippen LogP contribution in [0.3, 0.4) is 0 Å². The maximum atomic E-state index is 5.76. The Hall–Kier alpha value is -0.0400. The molecule has 0 aromatic rings. The van der Waals surface area contributed by atoms with Gasteiger partial charge in [0, 0.05) is 0 Å². The average Bonchev–Trinajstić information content (AvgIpc) is 3.16. The van der Waals surface area contributed by atoms with Crippen molar-refractivity contribution in [2.45, 2.75) is 116 Å². The summed E-state index contributed by atoms with van der Waals surface area (Å²) in [6.07, 6.45) is 20.8. The first-order chi connectivity index (χ1) is 9.38. The lowest BCUT2D eigenvalue weighted by molar-refractivity contribution is 0.348. The Bertz CT molecular complexity index is 190. The summed E-state index contributed by atoms with van der Waals surface area (Å²) in [5.74, 6) is 0. The van der Waals surface area contributed by atoms with Gasteiger partial charge >= 0.3 is 0 Å². The van der Waals surface area contributed by atoms with E-state index in [1.165, 1.54) is 89.9 Å². The number of epoxide rings is 1. The van der Waals surface area contributed by atoms with Gasteiger partial charge in [0.05, 0.1) is 12.2 Å². The van der Waals surface area contributed by atoms with Crippen molar-refractivity contribution in [2.75, 3.05) is 0 Å². The second-order valence-corrected chi connectivity index (χ2v) is 6.33. The summed E-state index contributed by atoms with van der Waals surface area (Å²) >= 11 is 0. The molecular formula is C18H36O.